The molecule has 0 spiro atoms. The van der Waals surface area contributed by atoms with Crippen molar-refractivity contribution in [2.24, 2.45) is 17.7 Å². The predicted molar refractivity (Wildman–Crippen MR) is 85.1 cm³/mol. The third-order valence-electron chi connectivity index (χ3n) is 4.20. The van der Waals surface area contributed by atoms with Crippen molar-refractivity contribution < 1.29 is 4.79 Å². The number of nitrogens with one attached hydrogen (secondary N) is 1. The normalized spacial score (nSPS) is 19.5. The van der Waals surface area contributed by atoms with E-state index in [-0.39, 0.29) is 11.6 Å². The minimum Gasteiger partial charge on any atom is -0.337 e. The van der Waals surface area contributed by atoms with Crippen LogP contribution in [-0.4, -0.2) is 28.9 Å². The van der Waals surface area contributed by atoms with Gasteiger partial charge in [0.25, 0.3) is 5.91 Å². The summed E-state index contributed by atoms with van der Waals surface area (Å²) in [6.45, 7) is 6.02. The molecule has 1 fully saturated rings. The number of hydrogen-bond donors (Lipinski definition) is 2. The minimum absolute atomic E-state index is 0.110. The van der Waals surface area contributed by atoms with Crippen molar-refractivity contribution in [1.82, 2.24) is 9.88 Å². The highest BCUT2D eigenvalue weighted by atomic mass is 35.5. The third kappa shape index (κ3) is 3.86. The molecule has 2 heterocycles. The largest absolute Gasteiger partial charge is 0.337 e. The van der Waals surface area contributed by atoms with Crippen molar-refractivity contribution in [3.05, 3.63) is 22.8 Å². The first-order valence-electron chi connectivity index (χ1n) is 7.45. The Balaban J connectivity index is 2.13. The number of likely N-dealkylation sites (tertiary alicyclic amines) is 1. The monoisotopic (exact) mass is 310 g/mol. The van der Waals surface area contributed by atoms with Crippen LogP contribution in [-0.2, 0) is 0 Å². The maximum atomic E-state index is 12.6. The minimum atomic E-state index is -0.110. The first-order valence-corrected chi connectivity index (χ1v) is 7.83. The molecule has 5 nitrogen and oxygen atoms in total. The van der Waals surface area contributed by atoms with Gasteiger partial charge in [0.2, 0.25) is 0 Å². The molecule has 1 aliphatic rings. The number of pyridine rings is 1. The summed E-state index contributed by atoms with van der Waals surface area (Å²) in [5, 5.41) is 0.364. The highest BCUT2D eigenvalue weighted by Gasteiger charge is 2.25. The lowest BCUT2D eigenvalue weighted by molar-refractivity contribution is 0.0753. The fourth-order valence-electron chi connectivity index (χ4n) is 2.81. The molecule has 1 saturated heterocycles. The fraction of sp³-hybridized carbons (Fsp3) is 0.600. The van der Waals surface area contributed by atoms with Crippen molar-refractivity contribution in [2.45, 2.75) is 33.1 Å². The van der Waals surface area contributed by atoms with Crippen LogP contribution in [0, 0.1) is 11.8 Å². The van der Waals surface area contributed by atoms with Gasteiger partial charge in [-0.3, -0.25) is 4.79 Å². The SMILES string of the molecule is CC(C)C1CCCN(C(=O)c2nc(NN)ccc2Cl)CC1. The Morgan fingerprint density at radius 3 is 2.86 bits per heavy atom. The van der Waals surface area contributed by atoms with E-state index < -0.39 is 0 Å². The summed E-state index contributed by atoms with van der Waals surface area (Å²) in [6.07, 6.45) is 3.24. The van der Waals surface area contributed by atoms with Crippen LogP contribution in [0.2, 0.25) is 5.02 Å². The molecule has 3 N–H and O–H groups in total. The first kappa shape index (κ1) is 16.0. The van der Waals surface area contributed by atoms with E-state index in [1.54, 1.807) is 12.1 Å². The Bertz CT molecular complexity index is 506. The van der Waals surface area contributed by atoms with E-state index in [0.29, 0.717) is 22.7 Å². The van der Waals surface area contributed by atoms with Crippen molar-refractivity contribution in [1.29, 1.82) is 0 Å². The lowest BCUT2D eigenvalue weighted by Gasteiger charge is -2.21. The highest BCUT2D eigenvalue weighted by molar-refractivity contribution is 6.33. The Labute approximate surface area is 130 Å². The van der Waals surface area contributed by atoms with E-state index in [0.717, 1.165) is 25.9 Å². The Hall–Kier alpha value is -1.33. The molecule has 1 unspecified atom stereocenters. The summed E-state index contributed by atoms with van der Waals surface area (Å²) in [4.78, 5) is 18.7. The fourth-order valence-corrected chi connectivity index (χ4v) is 3.00. The summed E-state index contributed by atoms with van der Waals surface area (Å²) < 4.78 is 0. The van der Waals surface area contributed by atoms with Crippen molar-refractivity contribution in [2.75, 3.05) is 18.5 Å². The Kier molecular flexibility index (Phi) is 5.42. The number of anilines is 1. The summed E-state index contributed by atoms with van der Waals surface area (Å²) in [5.41, 5.74) is 2.72. The van der Waals surface area contributed by atoms with E-state index in [4.69, 9.17) is 17.4 Å². The number of rotatable bonds is 3. The second kappa shape index (κ2) is 7.09. The lowest BCUT2D eigenvalue weighted by Crippen LogP contribution is -2.33. The predicted octanol–water partition coefficient (Wildman–Crippen LogP) is 2.92. The number of nitrogens with two attached hydrogens (primary N) is 1. The molecule has 0 saturated carbocycles. The molecule has 1 aromatic heterocycles. The topological polar surface area (TPSA) is 71.2 Å². The molecular formula is C15H23ClN4O. The van der Waals surface area contributed by atoms with E-state index >= 15 is 0 Å². The Morgan fingerprint density at radius 1 is 1.43 bits per heavy atom. The number of carbonyl (C=O) groups is 1. The lowest BCUT2D eigenvalue weighted by atomic mass is 9.89. The van der Waals surface area contributed by atoms with Crippen LogP contribution in [0.15, 0.2) is 12.1 Å². The van der Waals surface area contributed by atoms with Crippen molar-refractivity contribution in [3.8, 4) is 0 Å². The van der Waals surface area contributed by atoms with Gasteiger partial charge >= 0.3 is 0 Å². The number of halogens is 1. The number of nitrogen functional groups attached to an aromatic ring is 1. The van der Waals surface area contributed by atoms with E-state index in [1.165, 1.54) is 6.42 Å². The van der Waals surface area contributed by atoms with Crippen molar-refractivity contribution >= 4 is 23.3 Å². The van der Waals surface area contributed by atoms with Gasteiger partial charge in [0, 0.05) is 13.1 Å². The van der Waals surface area contributed by atoms with Gasteiger partial charge in [0.05, 0.1) is 5.02 Å². The maximum Gasteiger partial charge on any atom is 0.274 e. The summed E-state index contributed by atoms with van der Waals surface area (Å²) >= 11 is 6.11. The van der Waals surface area contributed by atoms with Gasteiger partial charge < -0.3 is 10.3 Å². The molecule has 2 rings (SSSR count). The van der Waals surface area contributed by atoms with Crippen LogP contribution >= 0.6 is 11.6 Å². The average molecular weight is 311 g/mol. The molecule has 0 radical (unpaired) electrons. The molecule has 0 aliphatic carbocycles. The van der Waals surface area contributed by atoms with Gasteiger partial charge in [-0.25, -0.2) is 10.8 Å². The molecule has 1 aliphatic heterocycles. The zero-order chi connectivity index (χ0) is 15.4. The van der Waals surface area contributed by atoms with E-state index in [1.807, 2.05) is 4.90 Å². The zero-order valence-electron chi connectivity index (χ0n) is 12.6. The first-order chi connectivity index (χ1) is 10.0. The van der Waals surface area contributed by atoms with Gasteiger partial charge in [-0.2, -0.15) is 0 Å². The number of aromatic nitrogens is 1. The summed E-state index contributed by atoms with van der Waals surface area (Å²) in [6, 6.07) is 3.29. The molecule has 1 atom stereocenters. The second-order valence-electron chi connectivity index (χ2n) is 5.90. The standard InChI is InChI=1S/C15H23ClN4O/c1-10(2)11-4-3-8-20(9-7-11)15(21)14-12(16)5-6-13(18-14)19-17/h5-6,10-11H,3-4,7-9,17H2,1-2H3,(H,18,19). The van der Waals surface area contributed by atoms with Crippen LogP contribution in [0.4, 0.5) is 5.82 Å². The van der Waals surface area contributed by atoms with Gasteiger partial charge in [0.1, 0.15) is 11.5 Å². The Morgan fingerprint density at radius 2 is 2.19 bits per heavy atom. The van der Waals surface area contributed by atoms with Crippen LogP contribution < -0.4 is 11.3 Å². The maximum absolute atomic E-state index is 12.6. The van der Waals surface area contributed by atoms with E-state index in [2.05, 4.69) is 24.3 Å². The van der Waals surface area contributed by atoms with Gasteiger partial charge in [-0.15, -0.1) is 0 Å². The summed E-state index contributed by atoms with van der Waals surface area (Å²) in [7, 11) is 0. The van der Waals surface area contributed by atoms with Crippen LogP contribution in [0.3, 0.4) is 0 Å². The van der Waals surface area contributed by atoms with Crippen molar-refractivity contribution in [3.63, 3.8) is 0 Å². The van der Waals surface area contributed by atoms with Crippen LogP contribution in [0.1, 0.15) is 43.6 Å². The number of hydrazine groups is 1. The zero-order valence-corrected chi connectivity index (χ0v) is 13.4. The van der Waals surface area contributed by atoms with Crippen LogP contribution in [0.25, 0.3) is 0 Å². The number of hydrogen-bond acceptors (Lipinski definition) is 4. The third-order valence-corrected chi connectivity index (χ3v) is 4.50. The molecule has 116 valence electrons. The molecule has 21 heavy (non-hydrogen) atoms. The van der Waals surface area contributed by atoms with Crippen LogP contribution in [0.5, 0.6) is 0 Å². The quantitative estimate of drug-likeness (QED) is 0.665. The smallest absolute Gasteiger partial charge is 0.274 e. The molecule has 0 aromatic carbocycles. The molecule has 1 aromatic rings. The molecule has 1 amide bonds. The second-order valence-corrected chi connectivity index (χ2v) is 6.31. The molecule has 0 bridgehead atoms. The highest BCUT2D eigenvalue weighted by Crippen LogP contribution is 2.26. The number of amides is 1. The molecule has 6 heteroatoms. The van der Waals surface area contributed by atoms with Gasteiger partial charge in [-0.05, 0) is 43.2 Å². The summed E-state index contributed by atoms with van der Waals surface area (Å²) in [5.74, 6) is 7.02. The van der Waals surface area contributed by atoms with Gasteiger partial charge in [-0.1, -0.05) is 25.4 Å². The number of nitrogens with zero attached hydrogens (tertiary/aromatic N) is 2. The van der Waals surface area contributed by atoms with Gasteiger partial charge in [0.15, 0.2) is 0 Å². The van der Waals surface area contributed by atoms with E-state index in [9.17, 15) is 4.79 Å². The number of carbonyl (C=O) groups excluding carboxylic acids is 1. The average Bonchev–Trinajstić information content (AvgIpc) is 2.73. The molecular weight excluding hydrogens is 288 g/mol.